The second-order valence-corrected chi connectivity index (χ2v) is 7.26. The highest BCUT2D eigenvalue weighted by Gasteiger charge is 2.22. The summed E-state index contributed by atoms with van der Waals surface area (Å²) in [4.78, 5) is 0. The van der Waals surface area contributed by atoms with Gasteiger partial charge in [0.1, 0.15) is 6.10 Å². The van der Waals surface area contributed by atoms with Gasteiger partial charge in [-0.1, -0.05) is 6.92 Å². The molecular formula is C20H42O6. The Kier molecular flexibility index (Phi) is 16.7. The predicted molar refractivity (Wildman–Crippen MR) is 104 cm³/mol. The molecule has 0 bridgehead atoms. The minimum Gasteiger partial charge on any atom is -0.396 e. The van der Waals surface area contributed by atoms with Crippen LogP contribution in [-0.4, -0.2) is 74.3 Å². The van der Waals surface area contributed by atoms with Gasteiger partial charge in [-0.2, -0.15) is 0 Å². The Bertz CT molecular complexity index is 300. The first kappa shape index (κ1) is 25.8. The van der Waals surface area contributed by atoms with E-state index in [2.05, 4.69) is 27.7 Å². The highest BCUT2D eigenvalue weighted by atomic mass is 16.5. The van der Waals surface area contributed by atoms with Crippen molar-refractivity contribution in [3.8, 4) is 0 Å². The maximum absolute atomic E-state index is 9.75. The lowest BCUT2D eigenvalue weighted by atomic mass is 9.97. The van der Waals surface area contributed by atoms with Crippen LogP contribution < -0.4 is 0 Å². The fourth-order valence-electron chi connectivity index (χ4n) is 2.40. The zero-order valence-electron chi connectivity index (χ0n) is 17.4. The van der Waals surface area contributed by atoms with E-state index in [-0.39, 0.29) is 31.5 Å². The van der Waals surface area contributed by atoms with Crippen molar-refractivity contribution in [1.29, 1.82) is 0 Å². The van der Waals surface area contributed by atoms with Crippen LogP contribution in [0.1, 0.15) is 66.2 Å². The molecule has 0 saturated carbocycles. The maximum atomic E-state index is 9.75. The lowest BCUT2D eigenvalue weighted by molar-refractivity contribution is -0.0601. The third-order valence-corrected chi connectivity index (χ3v) is 4.25. The summed E-state index contributed by atoms with van der Waals surface area (Å²) in [5.74, 6) is 0. The highest BCUT2D eigenvalue weighted by molar-refractivity contribution is 4.73. The van der Waals surface area contributed by atoms with Crippen molar-refractivity contribution in [2.45, 2.75) is 84.0 Å². The van der Waals surface area contributed by atoms with Crippen molar-refractivity contribution in [3.05, 3.63) is 0 Å². The summed E-state index contributed by atoms with van der Waals surface area (Å²) in [6.45, 7) is 11.7. The molecule has 6 nitrogen and oxygen atoms in total. The predicted octanol–water partition coefficient (Wildman–Crippen LogP) is 2.93. The fourth-order valence-corrected chi connectivity index (χ4v) is 2.40. The normalized spacial score (nSPS) is 15.3. The van der Waals surface area contributed by atoms with Crippen LogP contribution in [0.4, 0.5) is 0 Å². The van der Waals surface area contributed by atoms with Gasteiger partial charge in [-0.3, -0.25) is 0 Å². The number of aliphatic hydroxyl groups is 2. The lowest BCUT2D eigenvalue weighted by Crippen LogP contribution is -2.29. The smallest absolute Gasteiger partial charge is 0.101 e. The largest absolute Gasteiger partial charge is 0.396 e. The summed E-state index contributed by atoms with van der Waals surface area (Å²) >= 11 is 0. The van der Waals surface area contributed by atoms with Gasteiger partial charge in [-0.05, 0) is 59.3 Å². The molecule has 6 heteroatoms. The van der Waals surface area contributed by atoms with E-state index < -0.39 is 6.10 Å². The van der Waals surface area contributed by atoms with Gasteiger partial charge in [0, 0.05) is 33.0 Å². The molecule has 2 unspecified atom stereocenters. The third-order valence-electron chi connectivity index (χ3n) is 4.25. The Labute approximate surface area is 160 Å². The molecule has 0 aliphatic heterocycles. The molecule has 0 aromatic carbocycles. The van der Waals surface area contributed by atoms with Crippen molar-refractivity contribution in [2.75, 3.05) is 46.2 Å². The van der Waals surface area contributed by atoms with Crippen LogP contribution in [0.5, 0.6) is 0 Å². The number of ether oxygens (including phenoxy) is 4. The monoisotopic (exact) mass is 378 g/mol. The van der Waals surface area contributed by atoms with Crippen LogP contribution in [0.2, 0.25) is 0 Å². The molecule has 0 amide bonds. The van der Waals surface area contributed by atoms with E-state index in [1.807, 2.05) is 0 Å². The van der Waals surface area contributed by atoms with Gasteiger partial charge in [0.15, 0.2) is 0 Å². The number of unbranched alkanes of at least 4 members (excludes halogenated alkanes) is 1. The van der Waals surface area contributed by atoms with E-state index in [1.54, 1.807) is 0 Å². The highest BCUT2D eigenvalue weighted by Crippen LogP contribution is 2.22. The molecule has 0 heterocycles. The van der Waals surface area contributed by atoms with E-state index in [0.29, 0.717) is 19.8 Å². The second kappa shape index (κ2) is 16.9. The van der Waals surface area contributed by atoms with Gasteiger partial charge >= 0.3 is 0 Å². The van der Waals surface area contributed by atoms with Gasteiger partial charge < -0.3 is 29.2 Å². The Morgan fingerprint density at radius 2 is 1.54 bits per heavy atom. The molecule has 2 N–H and O–H groups in total. The molecule has 0 aliphatic carbocycles. The number of hydrogen-bond acceptors (Lipinski definition) is 6. The Morgan fingerprint density at radius 1 is 0.885 bits per heavy atom. The first-order valence-corrected chi connectivity index (χ1v) is 10.1. The molecular weight excluding hydrogens is 336 g/mol. The van der Waals surface area contributed by atoms with Gasteiger partial charge in [0.25, 0.3) is 0 Å². The van der Waals surface area contributed by atoms with Crippen LogP contribution in [0.15, 0.2) is 0 Å². The molecule has 0 aromatic rings. The van der Waals surface area contributed by atoms with Crippen LogP contribution in [0.25, 0.3) is 0 Å². The molecule has 158 valence electrons. The Hall–Kier alpha value is -0.240. The van der Waals surface area contributed by atoms with Crippen molar-refractivity contribution in [1.82, 2.24) is 0 Å². The molecule has 0 saturated heterocycles. The first-order chi connectivity index (χ1) is 12.4. The Morgan fingerprint density at radius 3 is 2.12 bits per heavy atom. The molecule has 26 heavy (non-hydrogen) atoms. The van der Waals surface area contributed by atoms with E-state index in [1.165, 1.54) is 0 Å². The summed E-state index contributed by atoms with van der Waals surface area (Å²) in [7, 11) is 0. The zero-order chi connectivity index (χ0) is 19.7. The van der Waals surface area contributed by atoms with Gasteiger partial charge in [0.2, 0.25) is 0 Å². The quantitative estimate of drug-likeness (QED) is 0.337. The first-order valence-electron chi connectivity index (χ1n) is 10.1. The summed E-state index contributed by atoms with van der Waals surface area (Å²) in [6, 6.07) is 0. The van der Waals surface area contributed by atoms with E-state index in [9.17, 15) is 5.11 Å². The minimum atomic E-state index is -0.605. The van der Waals surface area contributed by atoms with Crippen molar-refractivity contribution in [2.24, 2.45) is 0 Å². The van der Waals surface area contributed by atoms with Crippen molar-refractivity contribution in [3.63, 3.8) is 0 Å². The molecule has 0 aromatic heterocycles. The van der Waals surface area contributed by atoms with Crippen LogP contribution in [0, 0.1) is 0 Å². The van der Waals surface area contributed by atoms with Crippen LogP contribution in [0.3, 0.4) is 0 Å². The van der Waals surface area contributed by atoms with E-state index in [4.69, 9.17) is 24.1 Å². The molecule has 0 aliphatic rings. The maximum Gasteiger partial charge on any atom is 0.101 e. The average molecular weight is 379 g/mol. The van der Waals surface area contributed by atoms with Gasteiger partial charge in [0.05, 0.1) is 24.9 Å². The lowest BCUT2D eigenvalue weighted by Gasteiger charge is -2.29. The molecule has 2 atom stereocenters. The second-order valence-electron chi connectivity index (χ2n) is 7.26. The SMILES string of the molecule is CCC(C)(CCCOC(C)C)OCCCOCC(O)COCCCCO. The summed E-state index contributed by atoms with van der Waals surface area (Å²) < 4.78 is 22.4. The topological polar surface area (TPSA) is 77.4 Å². The molecule has 0 rings (SSSR count). The third kappa shape index (κ3) is 16.0. The molecule has 0 spiro atoms. The van der Waals surface area contributed by atoms with Gasteiger partial charge in [-0.25, -0.2) is 0 Å². The molecule has 0 radical (unpaired) electrons. The van der Waals surface area contributed by atoms with E-state index >= 15 is 0 Å². The average Bonchev–Trinajstić information content (AvgIpc) is 2.61. The summed E-state index contributed by atoms with van der Waals surface area (Å²) in [5, 5.41) is 18.4. The zero-order valence-corrected chi connectivity index (χ0v) is 17.4. The van der Waals surface area contributed by atoms with Gasteiger partial charge in [-0.15, -0.1) is 0 Å². The number of rotatable bonds is 19. The number of hydrogen-bond donors (Lipinski definition) is 2. The Balaban J connectivity index is 3.60. The van der Waals surface area contributed by atoms with Crippen LogP contribution in [-0.2, 0) is 18.9 Å². The van der Waals surface area contributed by atoms with E-state index in [0.717, 1.165) is 45.1 Å². The summed E-state index contributed by atoms with van der Waals surface area (Å²) in [5.41, 5.74) is -0.109. The summed E-state index contributed by atoms with van der Waals surface area (Å²) in [6.07, 6.45) is 4.99. The van der Waals surface area contributed by atoms with Crippen molar-refractivity contribution < 1.29 is 29.2 Å². The standard InChI is InChI=1S/C20H42O6/c1-5-20(4,10-8-14-25-18(2)3)26-15-9-13-24-17-19(22)16-23-12-7-6-11-21/h18-19,21-22H,5-17H2,1-4H3. The number of aliphatic hydroxyl groups excluding tert-OH is 2. The van der Waals surface area contributed by atoms with Crippen molar-refractivity contribution >= 4 is 0 Å². The fraction of sp³-hybridized carbons (Fsp3) is 1.00. The van der Waals surface area contributed by atoms with Crippen LogP contribution >= 0.6 is 0 Å². The molecule has 0 fully saturated rings. The minimum absolute atomic E-state index is 0.109.